The second kappa shape index (κ2) is 6.60. The molecule has 0 bridgehead atoms. The summed E-state index contributed by atoms with van der Waals surface area (Å²) in [4.78, 5) is 31.2. The van der Waals surface area contributed by atoms with E-state index in [1.807, 2.05) is 37.3 Å². The van der Waals surface area contributed by atoms with E-state index in [0.29, 0.717) is 22.6 Å². The summed E-state index contributed by atoms with van der Waals surface area (Å²) in [5, 5.41) is 0.283. The first-order chi connectivity index (χ1) is 14.1. The molecule has 0 radical (unpaired) electrons. The molecule has 6 heteroatoms. The first-order valence-electron chi connectivity index (χ1n) is 9.22. The molecule has 0 saturated heterocycles. The highest BCUT2D eigenvalue weighted by Crippen LogP contribution is 2.26. The molecule has 1 atom stereocenters. The summed E-state index contributed by atoms with van der Waals surface area (Å²) in [6.45, 7) is 1.89. The number of aromatic nitrogens is 2. The van der Waals surface area contributed by atoms with E-state index in [9.17, 15) is 9.59 Å². The van der Waals surface area contributed by atoms with Crippen molar-refractivity contribution in [3.63, 3.8) is 0 Å². The molecule has 0 aliphatic carbocycles. The quantitative estimate of drug-likeness (QED) is 0.432. The summed E-state index contributed by atoms with van der Waals surface area (Å²) in [6.07, 6.45) is 1.51. The first-order valence-corrected chi connectivity index (χ1v) is 9.22. The standard InChI is InChI=1S/C23H16N2O4/c1-14(15-8-3-2-4-9-15)25-21(18-12-7-13-28-18)24-22-19(23(25)27)20(26)16-10-5-6-11-17(16)29-22/h2-14H,1H3/t14-/m1/s1. The van der Waals surface area contributed by atoms with Gasteiger partial charge in [-0.2, -0.15) is 4.98 Å². The third kappa shape index (κ3) is 2.69. The normalized spacial score (nSPS) is 12.4. The highest BCUT2D eigenvalue weighted by Gasteiger charge is 2.23. The highest BCUT2D eigenvalue weighted by atomic mass is 16.3. The first kappa shape index (κ1) is 17.2. The van der Waals surface area contributed by atoms with Gasteiger partial charge in [-0.05, 0) is 36.8 Å². The van der Waals surface area contributed by atoms with E-state index in [1.54, 1.807) is 36.4 Å². The van der Waals surface area contributed by atoms with Gasteiger partial charge in [-0.15, -0.1) is 0 Å². The van der Waals surface area contributed by atoms with Crippen LogP contribution in [0.25, 0.3) is 33.7 Å². The van der Waals surface area contributed by atoms with Gasteiger partial charge in [0.2, 0.25) is 11.1 Å². The summed E-state index contributed by atoms with van der Waals surface area (Å²) in [5.74, 6) is 0.727. The van der Waals surface area contributed by atoms with E-state index in [-0.39, 0.29) is 22.6 Å². The van der Waals surface area contributed by atoms with Crippen LogP contribution in [0.4, 0.5) is 0 Å². The van der Waals surface area contributed by atoms with Crippen molar-refractivity contribution in [2.24, 2.45) is 0 Å². The molecule has 3 heterocycles. The van der Waals surface area contributed by atoms with Crippen LogP contribution in [-0.4, -0.2) is 9.55 Å². The van der Waals surface area contributed by atoms with Crippen LogP contribution in [0.3, 0.4) is 0 Å². The van der Waals surface area contributed by atoms with Crippen molar-refractivity contribution < 1.29 is 8.83 Å². The Kier molecular flexibility index (Phi) is 3.91. The molecule has 0 amide bonds. The van der Waals surface area contributed by atoms with Crippen LogP contribution in [0.2, 0.25) is 0 Å². The number of hydrogen-bond donors (Lipinski definition) is 0. The van der Waals surface area contributed by atoms with Gasteiger partial charge in [0.05, 0.1) is 17.7 Å². The van der Waals surface area contributed by atoms with E-state index in [0.717, 1.165) is 5.56 Å². The Morgan fingerprint density at radius 3 is 2.45 bits per heavy atom. The van der Waals surface area contributed by atoms with Crippen LogP contribution in [-0.2, 0) is 0 Å². The highest BCUT2D eigenvalue weighted by molar-refractivity contribution is 5.88. The van der Waals surface area contributed by atoms with E-state index in [2.05, 4.69) is 4.98 Å². The molecule has 0 saturated carbocycles. The van der Waals surface area contributed by atoms with Gasteiger partial charge in [-0.1, -0.05) is 42.5 Å². The lowest BCUT2D eigenvalue weighted by molar-refractivity contribution is 0.546. The van der Waals surface area contributed by atoms with Gasteiger partial charge in [-0.25, -0.2) is 0 Å². The predicted octanol–water partition coefficient (Wildman–Crippen LogP) is 4.37. The SMILES string of the molecule is C[C@H](c1ccccc1)n1c(-c2ccco2)nc2oc3ccccc3c(=O)c2c1=O. The molecule has 5 aromatic rings. The third-order valence-corrected chi connectivity index (χ3v) is 5.06. The zero-order valence-electron chi connectivity index (χ0n) is 15.5. The summed E-state index contributed by atoms with van der Waals surface area (Å²) in [7, 11) is 0. The number of fused-ring (bicyclic) bond motifs is 2. The topological polar surface area (TPSA) is 78.2 Å². The Hall–Kier alpha value is -3.93. The minimum Gasteiger partial charge on any atom is -0.461 e. The minimum atomic E-state index is -0.461. The minimum absolute atomic E-state index is 0.00149. The molecule has 0 N–H and O–H groups in total. The number of benzene rings is 2. The number of para-hydroxylation sites is 1. The van der Waals surface area contributed by atoms with Gasteiger partial charge >= 0.3 is 0 Å². The zero-order chi connectivity index (χ0) is 20.0. The fourth-order valence-corrected chi connectivity index (χ4v) is 3.58. The van der Waals surface area contributed by atoms with Gasteiger partial charge in [0.25, 0.3) is 5.56 Å². The van der Waals surface area contributed by atoms with E-state index < -0.39 is 5.56 Å². The van der Waals surface area contributed by atoms with Gasteiger partial charge in [0.15, 0.2) is 17.0 Å². The molecular weight excluding hydrogens is 368 g/mol. The number of furan rings is 1. The number of rotatable bonds is 3. The Balaban J connectivity index is 1.92. The molecule has 0 spiro atoms. The van der Waals surface area contributed by atoms with Gasteiger partial charge < -0.3 is 8.83 Å². The molecule has 142 valence electrons. The van der Waals surface area contributed by atoms with Crippen LogP contribution in [0, 0.1) is 0 Å². The molecule has 5 rings (SSSR count). The summed E-state index contributed by atoms with van der Waals surface area (Å²) < 4.78 is 12.8. The largest absolute Gasteiger partial charge is 0.461 e. The lowest BCUT2D eigenvalue weighted by atomic mass is 10.1. The van der Waals surface area contributed by atoms with E-state index in [4.69, 9.17) is 8.83 Å². The van der Waals surface area contributed by atoms with Crippen molar-refractivity contribution in [3.8, 4) is 11.6 Å². The van der Waals surface area contributed by atoms with E-state index in [1.165, 1.54) is 10.8 Å². The molecule has 2 aromatic carbocycles. The average molecular weight is 384 g/mol. The number of nitrogens with zero attached hydrogens (tertiary/aromatic N) is 2. The average Bonchev–Trinajstić information content (AvgIpc) is 3.28. The maximum absolute atomic E-state index is 13.5. The van der Waals surface area contributed by atoms with Crippen LogP contribution in [0.1, 0.15) is 18.5 Å². The van der Waals surface area contributed by atoms with Crippen molar-refractivity contribution in [2.45, 2.75) is 13.0 Å². The van der Waals surface area contributed by atoms with Crippen molar-refractivity contribution in [1.82, 2.24) is 9.55 Å². The Morgan fingerprint density at radius 2 is 1.69 bits per heavy atom. The summed E-state index contributed by atoms with van der Waals surface area (Å²) in [6, 6.07) is 19.5. The zero-order valence-corrected chi connectivity index (χ0v) is 15.5. The third-order valence-electron chi connectivity index (χ3n) is 5.06. The maximum atomic E-state index is 13.5. The fourth-order valence-electron chi connectivity index (χ4n) is 3.58. The summed E-state index contributed by atoms with van der Waals surface area (Å²) in [5.41, 5.74) is 0.447. The van der Waals surface area contributed by atoms with Crippen molar-refractivity contribution in [3.05, 3.63) is 99.1 Å². The van der Waals surface area contributed by atoms with Crippen LogP contribution >= 0.6 is 0 Å². The van der Waals surface area contributed by atoms with Crippen molar-refractivity contribution >= 4 is 22.1 Å². The number of hydrogen-bond acceptors (Lipinski definition) is 5. The molecule has 6 nitrogen and oxygen atoms in total. The smallest absolute Gasteiger partial charge is 0.269 e. The second-order valence-electron chi connectivity index (χ2n) is 6.78. The van der Waals surface area contributed by atoms with Gasteiger partial charge in [-0.3, -0.25) is 14.2 Å². The Labute approximate surface area is 164 Å². The monoisotopic (exact) mass is 384 g/mol. The molecule has 0 aliphatic heterocycles. The fraction of sp³-hybridized carbons (Fsp3) is 0.0870. The van der Waals surface area contributed by atoms with E-state index >= 15 is 0 Å². The maximum Gasteiger partial charge on any atom is 0.269 e. The predicted molar refractivity (Wildman–Crippen MR) is 110 cm³/mol. The Morgan fingerprint density at radius 1 is 0.931 bits per heavy atom. The summed E-state index contributed by atoms with van der Waals surface area (Å²) >= 11 is 0. The molecule has 0 fully saturated rings. The molecule has 3 aromatic heterocycles. The second-order valence-corrected chi connectivity index (χ2v) is 6.78. The van der Waals surface area contributed by atoms with Gasteiger partial charge in [0.1, 0.15) is 5.58 Å². The van der Waals surface area contributed by atoms with Crippen molar-refractivity contribution in [1.29, 1.82) is 0 Å². The molecule has 0 unspecified atom stereocenters. The molecule has 0 aliphatic rings. The molecule has 29 heavy (non-hydrogen) atoms. The van der Waals surface area contributed by atoms with Gasteiger partial charge in [0, 0.05) is 0 Å². The van der Waals surface area contributed by atoms with Crippen molar-refractivity contribution in [2.75, 3.05) is 0 Å². The lowest BCUT2D eigenvalue weighted by Gasteiger charge is -2.19. The van der Waals surface area contributed by atoms with Crippen LogP contribution in [0.5, 0.6) is 0 Å². The van der Waals surface area contributed by atoms with Crippen LogP contribution in [0.15, 0.2) is 91.4 Å². The van der Waals surface area contributed by atoms with Crippen LogP contribution < -0.4 is 11.0 Å². The lowest BCUT2D eigenvalue weighted by Crippen LogP contribution is -2.30. The Bertz CT molecular complexity index is 1450. The molecular formula is C23H16N2O4.